The van der Waals surface area contributed by atoms with Crippen LogP contribution < -0.4 is 5.32 Å². The molecule has 0 amide bonds. The summed E-state index contributed by atoms with van der Waals surface area (Å²) in [6.45, 7) is 0. The van der Waals surface area contributed by atoms with Crippen LogP contribution in [0.5, 0.6) is 0 Å². The number of hydrogen-bond donors (Lipinski definition) is 1. The molecule has 0 bridgehead atoms. The first kappa shape index (κ1) is 9.93. The molecule has 0 fully saturated rings. The van der Waals surface area contributed by atoms with Crippen LogP contribution in [0.1, 0.15) is 17.4 Å². The monoisotopic (exact) mass is 202 g/mol. The molecule has 2 heterocycles. The number of rotatable bonds is 4. The Bertz CT molecular complexity index is 383. The summed E-state index contributed by atoms with van der Waals surface area (Å²) in [5.41, 5.74) is 1.18. The zero-order valence-electron chi connectivity index (χ0n) is 8.68. The van der Waals surface area contributed by atoms with Crippen LogP contribution in [0.15, 0.2) is 47.3 Å². The third-order valence-electron chi connectivity index (χ3n) is 2.42. The minimum Gasteiger partial charge on any atom is -0.469 e. The third-order valence-corrected chi connectivity index (χ3v) is 2.42. The highest BCUT2D eigenvalue weighted by Crippen LogP contribution is 2.17. The first-order valence-electron chi connectivity index (χ1n) is 4.99. The number of nitrogens with zero attached hydrogens (tertiary/aromatic N) is 1. The fourth-order valence-electron chi connectivity index (χ4n) is 1.60. The van der Waals surface area contributed by atoms with E-state index in [1.54, 1.807) is 12.5 Å². The number of aromatic nitrogens is 1. The molecule has 1 N–H and O–H groups in total. The second-order valence-corrected chi connectivity index (χ2v) is 3.41. The Hall–Kier alpha value is -1.61. The molecule has 0 aliphatic carbocycles. The molecular formula is C12H14N2O. The van der Waals surface area contributed by atoms with Gasteiger partial charge in [-0.3, -0.25) is 4.98 Å². The van der Waals surface area contributed by atoms with Crippen LogP contribution in [0.25, 0.3) is 0 Å². The zero-order valence-corrected chi connectivity index (χ0v) is 8.68. The summed E-state index contributed by atoms with van der Waals surface area (Å²) in [7, 11) is 1.95. The molecule has 3 nitrogen and oxygen atoms in total. The average Bonchev–Trinajstić information content (AvgIpc) is 2.80. The summed E-state index contributed by atoms with van der Waals surface area (Å²) < 4.78 is 5.33. The Morgan fingerprint density at radius 2 is 2.33 bits per heavy atom. The van der Waals surface area contributed by atoms with Gasteiger partial charge in [0.1, 0.15) is 5.76 Å². The molecule has 2 rings (SSSR count). The molecule has 1 unspecified atom stereocenters. The molecule has 0 saturated carbocycles. The minimum absolute atomic E-state index is 0.254. The van der Waals surface area contributed by atoms with E-state index in [2.05, 4.69) is 16.4 Å². The predicted molar refractivity (Wildman–Crippen MR) is 58.4 cm³/mol. The Balaban J connectivity index is 2.12. The average molecular weight is 202 g/mol. The fourth-order valence-corrected chi connectivity index (χ4v) is 1.60. The lowest BCUT2D eigenvalue weighted by Crippen LogP contribution is -2.18. The van der Waals surface area contributed by atoms with Gasteiger partial charge in [0.2, 0.25) is 0 Å². The van der Waals surface area contributed by atoms with Crippen LogP contribution in [-0.2, 0) is 6.42 Å². The van der Waals surface area contributed by atoms with Crippen molar-refractivity contribution in [3.8, 4) is 0 Å². The Morgan fingerprint density at radius 1 is 1.40 bits per heavy atom. The highest BCUT2D eigenvalue weighted by molar-refractivity contribution is 5.16. The molecule has 0 spiro atoms. The Kier molecular flexibility index (Phi) is 3.15. The number of pyridine rings is 1. The maximum atomic E-state index is 5.33. The number of nitrogens with one attached hydrogen (secondary N) is 1. The molecule has 0 radical (unpaired) electrons. The summed E-state index contributed by atoms with van der Waals surface area (Å²) >= 11 is 0. The van der Waals surface area contributed by atoms with E-state index >= 15 is 0 Å². The van der Waals surface area contributed by atoms with Crippen LogP contribution in [0.2, 0.25) is 0 Å². The molecular weight excluding hydrogens is 188 g/mol. The van der Waals surface area contributed by atoms with Gasteiger partial charge in [-0.2, -0.15) is 0 Å². The molecule has 78 valence electrons. The maximum Gasteiger partial charge on any atom is 0.105 e. The third kappa shape index (κ3) is 2.44. The van der Waals surface area contributed by atoms with Crippen LogP contribution in [-0.4, -0.2) is 12.0 Å². The van der Waals surface area contributed by atoms with Gasteiger partial charge in [0, 0.05) is 24.9 Å². The topological polar surface area (TPSA) is 38.1 Å². The van der Waals surface area contributed by atoms with Crippen molar-refractivity contribution in [2.45, 2.75) is 12.5 Å². The molecule has 0 saturated heterocycles. The van der Waals surface area contributed by atoms with E-state index in [1.165, 1.54) is 5.56 Å². The lowest BCUT2D eigenvalue weighted by Gasteiger charge is -2.14. The minimum atomic E-state index is 0.254. The second kappa shape index (κ2) is 4.75. The van der Waals surface area contributed by atoms with Crippen LogP contribution in [0.4, 0.5) is 0 Å². The van der Waals surface area contributed by atoms with E-state index in [0.717, 1.165) is 12.2 Å². The van der Waals surface area contributed by atoms with E-state index in [9.17, 15) is 0 Å². The SMILES string of the molecule is CNC(Cc1ccco1)c1cccnc1. The Morgan fingerprint density at radius 3 is 2.93 bits per heavy atom. The molecule has 15 heavy (non-hydrogen) atoms. The van der Waals surface area contributed by atoms with E-state index in [0.29, 0.717) is 0 Å². The van der Waals surface area contributed by atoms with Gasteiger partial charge in [-0.15, -0.1) is 0 Å². The van der Waals surface area contributed by atoms with Crippen molar-refractivity contribution in [1.82, 2.24) is 10.3 Å². The summed E-state index contributed by atoms with van der Waals surface area (Å²) in [5.74, 6) is 0.984. The lowest BCUT2D eigenvalue weighted by molar-refractivity contribution is 0.465. The van der Waals surface area contributed by atoms with Crippen LogP contribution in [0.3, 0.4) is 0 Å². The number of furan rings is 1. The lowest BCUT2D eigenvalue weighted by atomic mass is 10.1. The van der Waals surface area contributed by atoms with Crippen molar-refractivity contribution >= 4 is 0 Å². The second-order valence-electron chi connectivity index (χ2n) is 3.41. The van der Waals surface area contributed by atoms with Crippen LogP contribution >= 0.6 is 0 Å². The van der Waals surface area contributed by atoms with Crippen molar-refractivity contribution in [2.24, 2.45) is 0 Å². The standard InChI is InChI=1S/C12H14N2O/c1-13-12(8-11-5-3-7-15-11)10-4-2-6-14-9-10/h2-7,9,12-13H,8H2,1H3. The molecule has 0 aliphatic rings. The van der Waals surface area contributed by atoms with Gasteiger partial charge in [-0.25, -0.2) is 0 Å². The fraction of sp³-hybridized carbons (Fsp3) is 0.250. The van der Waals surface area contributed by atoms with E-state index in [-0.39, 0.29) is 6.04 Å². The highest BCUT2D eigenvalue weighted by atomic mass is 16.3. The smallest absolute Gasteiger partial charge is 0.105 e. The van der Waals surface area contributed by atoms with E-state index in [4.69, 9.17) is 4.42 Å². The van der Waals surface area contributed by atoms with Gasteiger partial charge in [0.15, 0.2) is 0 Å². The summed E-state index contributed by atoms with van der Waals surface area (Å²) in [6.07, 6.45) is 6.20. The van der Waals surface area contributed by atoms with E-state index < -0.39 is 0 Å². The van der Waals surface area contributed by atoms with Crippen molar-refractivity contribution in [3.05, 3.63) is 54.2 Å². The first-order chi connectivity index (χ1) is 7.40. The van der Waals surface area contributed by atoms with Crippen molar-refractivity contribution in [3.63, 3.8) is 0 Å². The maximum absolute atomic E-state index is 5.33. The number of likely N-dealkylation sites (N-methyl/N-ethyl adjacent to an activating group) is 1. The highest BCUT2D eigenvalue weighted by Gasteiger charge is 2.11. The largest absolute Gasteiger partial charge is 0.469 e. The Labute approximate surface area is 89.1 Å². The van der Waals surface area contributed by atoms with Gasteiger partial charge in [0.25, 0.3) is 0 Å². The molecule has 2 aromatic rings. The molecule has 2 aromatic heterocycles. The van der Waals surface area contributed by atoms with Crippen molar-refractivity contribution in [2.75, 3.05) is 7.05 Å². The summed E-state index contributed by atoms with van der Waals surface area (Å²) in [5, 5.41) is 3.26. The van der Waals surface area contributed by atoms with Gasteiger partial charge in [-0.1, -0.05) is 6.07 Å². The van der Waals surface area contributed by atoms with Crippen molar-refractivity contribution in [1.29, 1.82) is 0 Å². The van der Waals surface area contributed by atoms with Crippen molar-refractivity contribution < 1.29 is 4.42 Å². The van der Waals surface area contributed by atoms with Crippen LogP contribution in [0, 0.1) is 0 Å². The molecule has 3 heteroatoms. The van der Waals surface area contributed by atoms with E-state index in [1.807, 2.05) is 31.4 Å². The summed E-state index contributed by atoms with van der Waals surface area (Å²) in [4.78, 5) is 4.11. The van der Waals surface area contributed by atoms with Gasteiger partial charge in [0.05, 0.1) is 6.26 Å². The number of hydrogen-bond acceptors (Lipinski definition) is 3. The predicted octanol–water partition coefficient (Wildman–Crippen LogP) is 2.18. The first-order valence-corrected chi connectivity index (χ1v) is 4.99. The molecule has 0 aliphatic heterocycles. The molecule has 1 atom stereocenters. The summed E-state index contributed by atoms with van der Waals surface area (Å²) in [6, 6.07) is 8.16. The normalized spacial score (nSPS) is 12.6. The van der Waals surface area contributed by atoms with Gasteiger partial charge in [-0.05, 0) is 30.8 Å². The van der Waals surface area contributed by atoms with Gasteiger partial charge >= 0.3 is 0 Å². The zero-order chi connectivity index (χ0) is 10.5. The van der Waals surface area contributed by atoms with Gasteiger partial charge < -0.3 is 9.73 Å². The molecule has 0 aromatic carbocycles. The quantitative estimate of drug-likeness (QED) is 0.825.